The number of hydrogen-bond acceptors (Lipinski definition) is 4. The summed E-state index contributed by atoms with van der Waals surface area (Å²) in [5.41, 5.74) is 1.12. The van der Waals surface area contributed by atoms with E-state index < -0.39 is 0 Å². The van der Waals surface area contributed by atoms with Gasteiger partial charge in [0.15, 0.2) is 5.13 Å². The lowest BCUT2D eigenvalue weighted by Gasteiger charge is -2.03. The van der Waals surface area contributed by atoms with E-state index in [9.17, 15) is 0 Å². The minimum absolute atomic E-state index is 0.873. The summed E-state index contributed by atoms with van der Waals surface area (Å²) in [5.74, 6) is 0.873. The fourth-order valence-corrected chi connectivity index (χ4v) is 1.53. The van der Waals surface area contributed by atoms with Crippen molar-refractivity contribution in [2.75, 3.05) is 5.32 Å². The second-order valence-corrected chi connectivity index (χ2v) is 3.53. The maximum absolute atomic E-state index is 4.21. The van der Waals surface area contributed by atoms with Gasteiger partial charge in [0.05, 0.1) is 0 Å². The molecule has 0 saturated carbocycles. The highest BCUT2D eigenvalue weighted by Gasteiger charge is 1.99. The summed E-state index contributed by atoms with van der Waals surface area (Å²) in [6.07, 6.45) is 3.54. The van der Waals surface area contributed by atoms with Gasteiger partial charge in [-0.05, 0) is 18.6 Å². The molecule has 1 N–H and O–H groups in total. The fraction of sp³-hybridized carbons (Fsp3) is 0.111. The molecule has 0 radical (unpaired) electrons. The molecule has 0 spiro atoms. The molecule has 2 aromatic rings. The molecular weight excluding hydrogens is 182 g/mol. The van der Waals surface area contributed by atoms with Crippen LogP contribution < -0.4 is 5.32 Å². The van der Waals surface area contributed by atoms with Gasteiger partial charge in [-0.15, -0.1) is 11.3 Å². The number of aryl methyl sites for hydroxylation is 1. The first kappa shape index (κ1) is 8.19. The minimum Gasteiger partial charge on any atom is -0.316 e. The van der Waals surface area contributed by atoms with Crippen LogP contribution in [0.4, 0.5) is 10.9 Å². The molecule has 0 unspecified atom stereocenters. The Morgan fingerprint density at radius 2 is 2.23 bits per heavy atom. The van der Waals surface area contributed by atoms with Crippen LogP contribution in [0.15, 0.2) is 29.9 Å². The maximum atomic E-state index is 4.21. The Morgan fingerprint density at radius 1 is 1.31 bits per heavy atom. The number of nitrogens with zero attached hydrogens (tertiary/aromatic N) is 2. The molecule has 0 amide bonds. The Hall–Kier alpha value is -1.42. The molecule has 0 bridgehead atoms. The first-order valence-corrected chi connectivity index (χ1v) is 4.82. The Balaban J connectivity index is 2.24. The first-order chi connectivity index (χ1) is 6.36. The maximum Gasteiger partial charge on any atom is 0.188 e. The zero-order valence-corrected chi connectivity index (χ0v) is 8.01. The highest BCUT2D eigenvalue weighted by Crippen LogP contribution is 2.18. The lowest BCUT2D eigenvalue weighted by atomic mass is 10.3. The Kier molecular flexibility index (Phi) is 2.23. The normalized spacial score (nSPS) is 9.92. The summed E-state index contributed by atoms with van der Waals surface area (Å²) in [5, 5.41) is 5.96. The van der Waals surface area contributed by atoms with Crippen molar-refractivity contribution in [1.29, 1.82) is 0 Å². The molecule has 66 valence electrons. The van der Waals surface area contributed by atoms with Crippen LogP contribution in [0, 0.1) is 6.92 Å². The van der Waals surface area contributed by atoms with Gasteiger partial charge in [-0.25, -0.2) is 9.97 Å². The zero-order valence-electron chi connectivity index (χ0n) is 7.19. The molecule has 13 heavy (non-hydrogen) atoms. The summed E-state index contributed by atoms with van der Waals surface area (Å²) in [7, 11) is 0. The van der Waals surface area contributed by atoms with Gasteiger partial charge in [0.2, 0.25) is 0 Å². The fourth-order valence-electron chi connectivity index (χ4n) is 1.00. The largest absolute Gasteiger partial charge is 0.316 e. The Bertz CT molecular complexity index is 384. The van der Waals surface area contributed by atoms with Crippen molar-refractivity contribution < 1.29 is 0 Å². The summed E-state index contributed by atoms with van der Waals surface area (Å²) >= 11 is 1.56. The van der Waals surface area contributed by atoms with Gasteiger partial charge < -0.3 is 5.32 Å². The van der Waals surface area contributed by atoms with Crippen molar-refractivity contribution in [2.45, 2.75) is 6.92 Å². The molecule has 2 heterocycles. The molecule has 0 aromatic carbocycles. The van der Waals surface area contributed by atoms with E-state index in [-0.39, 0.29) is 0 Å². The number of nitrogens with one attached hydrogen (secondary N) is 1. The summed E-state index contributed by atoms with van der Waals surface area (Å²) in [4.78, 5) is 8.33. The molecule has 0 atom stereocenters. The van der Waals surface area contributed by atoms with Gasteiger partial charge in [-0.1, -0.05) is 6.07 Å². The van der Waals surface area contributed by atoms with Crippen molar-refractivity contribution in [3.05, 3.63) is 35.5 Å². The third kappa shape index (κ3) is 1.84. The van der Waals surface area contributed by atoms with Crippen LogP contribution in [0.5, 0.6) is 0 Å². The van der Waals surface area contributed by atoms with Crippen LogP contribution in [-0.4, -0.2) is 9.97 Å². The molecule has 0 aliphatic carbocycles. The van der Waals surface area contributed by atoms with Crippen molar-refractivity contribution >= 4 is 22.3 Å². The summed E-state index contributed by atoms with van der Waals surface area (Å²) in [6, 6.07) is 3.94. The van der Waals surface area contributed by atoms with E-state index in [0.29, 0.717) is 0 Å². The summed E-state index contributed by atoms with van der Waals surface area (Å²) in [6.45, 7) is 2.02. The number of anilines is 2. The van der Waals surface area contributed by atoms with Gasteiger partial charge in [-0.3, -0.25) is 0 Å². The second-order valence-electron chi connectivity index (χ2n) is 2.63. The first-order valence-electron chi connectivity index (χ1n) is 3.94. The lowest BCUT2D eigenvalue weighted by Crippen LogP contribution is -1.94. The van der Waals surface area contributed by atoms with Crippen molar-refractivity contribution in [3.63, 3.8) is 0 Å². The van der Waals surface area contributed by atoms with Gasteiger partial charge in [-0.2, -0.15) is 0 Å². The average molecular weight is 191 g/mol. The van der Waals surface area contributed by atoms with E-state index in [4.69, 9.17) is 0 Å². The summed E-state index contributed by atoms with van der Waals surface area (Å²) < 4.78 is 0. The van der Waals surface area contributed by atoms with Crippen LogP contribution in [0.3, 0.4) is 0 Å². The van der Waals surface area contributed by atoms with E-state index >= 15 is 0 Å². The topological polar surface area (TPSA) is 37.8 Å². The smallest absolute Gasteiger partial charge is 0.188 e. The van der Waals surface area contributed by atoms with Crippen LogP contribution in [0.1, 0.15) is 5.56 Å². The van der Waals surface area contributed by atoms with Crippen LogP contribution in [0.25, 0.3) is 0 Å². The average Bonchev–Trinajstić information content (AvgIpc) is 2.61. The zero-order chi connectivity index (χ0) is 9.10. The van der Waals surface area contributed by atoms with Gasteiger partial charge >= 0.3 is 0 Å². The molecule has 4 heteroatoms. The van der Waals surface area contributed by atoms with E-state index in [1.807, 2.05) is 24.4 Å². The van der Waals surface area contributed by atoms with Crippen molar-refractivity contribution in [3.8, 4) is 0 Å². The SMILES string of the molecule is Cc1cccnc1Nc1nccs1. The Morgan fingerprint density at radius 3 is 2.92 bits per heavy atom. The Labute approximate surface area is 80.5 Å². The number of aromatic nitrogens is 2. The molecule has 0 saturated heterocycles. The third-order valence-corrected chi connectivity index (χ3v) is 2.36. The van der Waals surface area contributed by atoms with E-state index in [2.05, 4.69) is 15.3 Å². The molecule has 2 aromatic heterocycles. The predicted octanol–water partition coefficient (Wildman–Crippen LogP) is 2.59. The number of thiazole rings is 1. The highest BCUT2D eigenvalue weighted by atomic mass is 32.1. The molecular formula is C9H9N3S. The van der Waals surface area contributed by atoms with E-state index in [1.165, 1.54) is 0 Å². The highest BCUT2D eigenvalue weighted by molar-refractivity contribution is 7.13. The second kappa shape index (κ2) is 3.53. The van der Waals surface area contributed by atoms with E-state index in [0.717, 1.165) is 16.5 Å². The minimum atomic E-state index is 0.873. The number of rotatable bonds is 2. The van der Waals surface area contributed by atoms with Gasteiger partial charge in [0.25, 0.3) is 0 Å². The van der Waals surface area contributed by atoms with E-state index in [1.54, 1.807) is 23.7 Å². The number of pyridine rings is 1. The van der Waals surface area contributed by atoms with Crippen LogP contribution in [0.2, 0.25) is 0 Å². The number of hydrogen-bond donors (Lipinski definition) is 1. The lowest BCUT2D eigenvalue weighted by molar-refractivity contribution is 1.24. The molecule has 0 aliphatic rings. The van der Waals surface area contributed by atoms with Gasteiger partial charge in [0, 0.05) is 17.8 Å². The van der Waals surface area contributed by atoms with Crippen molar-refractivity contribution in [2.24, 2.45) is 0 Å². The predicted molar refractivity (Wildman–Crippen MR) is 54.4 cm³/mol. The molecule has 0 fully saturated rings. The van der Waals surface area contributed by atoms with Crippen molar-refractivity contribution in [1.82, 2.24) is 9.97 Å². The van der Waals surface area contributed by atoms with Crippen LogP contribution >= 0.6 is 11.3 Å². The molecule has 0 aliphatic heterocycles. The monoisotopic (exact) mass is 191 g/mol. The molecule has 3 nitrogen and oxygen atoms in total. The van der Waals surface area contributed by atoms with Gasteiger partial charge in [0.1, 0.15) is 5.82 Å². The standard InChI is InChI=1S/C9H9N3S/c1-7-3-2-4-10-8(7)12-9-11-5-6-13-9/h2-6H,1H3,(H,10,11,12). The van der Waals surface area contributed by atoms with Crippen LogP contribution in [-0.2, 0) is 0 Å². The molecule has 2 rings (SSSR count). The quantitative estimate of drug-likeness (QED) is 0.792. The third-order valence-electron chi connectivity index (χ3n) is 1.67.